The van der Waals surface area contributed by atoms with Crippen molar-refractivity contribution in [3.63, 3.8) is 0 Å². The van der Waals surface area contributed by atoms with Gasteiger partial charge in [-0.05, 0) is 12.2 Å². The summed E-state index contributed by atoms with van der Waals surface area (Å²) in [7, 11) is 0. The van der Waals surface area contributed by atoms with E-state index in [0.717, 1.165) is 0 Å². The molecule has 1 aliphatic carbocycles. The van der Waals surface area contributed by atoms with Gasteiger partial charge in [-0.1, -0.05) is 0 Å². The van der Waals surface area contributed by atoms with E-state index in [1.54, 1.807) is 0 Å². The third kappa shape index (κ3) is 1.26. The van der Waals surface area contributed by atoms with E-state index in [1.165, 1.54) is 0 Å². The quantitative estimate of drug-likeness (QED) is 0.388. The Bertz CT molecular complexity index is 323. The van der Waals surface area contributed by atoms with E-state index in [0.29, 0.717) is 0 Å². The number of hydrogen-bond acceptors (Lipinski definition) is 1. The number of alkyl halides is 6. The first-order valence-corrected chi connectivity index (χ1v) is 3.55. The summed E-state index contributed by atoms with van der Waals surface area (Å²) in [5.41, 5.74) is -4.82. The van der Waals surface area contributed by atoms with Crippen molar-refractivity contribution >= 4 is 6.04 Å². The zero-order valence-corrected chi connectivity index (χ0v) is 6.79. The molecule has 0 spiro atoms. The maximum absolute atomic E-state index is 12.9. The van der Waals surface area contributed by atoms with Crippen LogP contribution >= 0.6 is 0 Å². The Morgan fingerprint density at radius 1 is 1.13 bits per heavy atom. The van der Waals surface area contributed by atoms with Crippen molar-refractivity contribution in [2.75, 3.05) is 0 Å². The van der Waals surface area contributed by atoms with Crippen LogP contribution in [0.15, 0.2) is 12.2 Å². The molecule has 0 aromatic carbocycles. The van der Waals surface area contributed by atoms with Gasteiger partial charge in [0.15, 0.2) is 6.17 Å². The molecule has 0 saturated heterocycles. The first kappa shape index (κ1) is 12.0. The van der Waals surface area contributed by atoms with Gasteiger partial charge in [-0.2, -0.15) is 22.0 Å². The van der Waals surface area contributed by atoms with Crippen LogP contribution in [0.3, 0.4) is 0 Å². The summed E-state index contributed by atoms with van der Waals surface area (Å²) in [5.74, 6) is -11.2. The molecular weight excluding hydrogens is 233 g/mol. The van der Waals surface area contributed by atoms with E-state index >= 15 is 0 Å². The normalized spacial score (nSPS) is 37.7. The topological polar surface area (TPSA) is 17.1 Å². The summed E-state index contributed by atoms with van der Waals surface area (Å²) in [5, 5.41) is 0. The summed E-state index contributed by atoms with van der Waals surface area (Å²) in [6, 6.07) is -3.30. The van der Waals surface area contributed by atoms with Gasteiger partial charge in [-0.3, -0.25) is 4.79 Å². The van der Waals surface area contributed by atoms with Gasteiger partial charge in [0.25, 0.3) is 5.67 Å². The highest BCUT2D eigenvalue weighted by Crippen LogP contribution is 2.51. The average molecular weight is 236 g/mol. The molecule has 0 aromatic rings. The highest BCUT2D eigenvalue weighted by Gasteiger charge is 2.77. The molecule has 0 aliphatic heterocycles. The minimum Gasteiger partial charge on any atom is -0.257 e. The van der Waals surface area contributed by atoms with Crippen LogP contribution in [-0.4, -0.2) is 29.7 Å². The molecule has 1 aliphatic rings. The van der Waals surface area contributed by atoms with Gasteiger partial charge in [0, 0.05) is 0 Å². The maximum Gasteiger partial charge on any atom is 0.360 e. The third-order valence-electron chi connectivity index (χ3n) is 2.00. The molecule has 0 amide bonds. The Balaban J connectivity index is 3.37. The fourth-order valence-corrected chi connectivity index (χ4v) is 1.05. The van der Waals surface area contributed by atoms with Crippen LogP contribution in [-0.2, 0) is 4.79 Å². The minimum absolute atomic E-state index is 0.311. The second-order valence-electron chi connectivity index (χ2n) is 2.94. The largest absolute Gasteiger partial charge is 0.360 e. The lowest BCUT2D eigenvalue weighted by molar-refractivity contribution is -0.277. The molecule has 0 bridgehead atoms. The molecule has 1 rings (SSSR count). The molecule has 0 saturated carbocycles. The van der Waals surface area contributed by atoms with Gasteiger partial charge in [-0.15, -0.1) is 0 Å². The van der Waals surface area contributed by atoms with Crippen LogP contribution in [0.5, 0.6) is 0 Å². The average Bonchev–Trinajstić information content (AvgIpc) is 2.10. The monoisotopic (exact) mass is 236 g/mol. The standard InChI is InChI=1S/C7H3F7O/c8-3-1-2-5(10,4(9)15)7(13,14)6(3,11)12/h1-3H. The Kier molecular flexibility index (Phi) is 2.36. The van der Waals surface area contributed by atoms with E-state index in [9.17, 15) is 35.5 Å². The molecule has 0 fully saturated rings. The second kappa shape index (κ2) is 2.96. The summed E-state index contributed by atoms with van der Waals surface area (Å²) in [6.45, 7) is 0. The number of carbonyl (C=O) groups is 1. The lowest BCUT2D eigenvalue weighted by Gasteiger charge is -2.37. The Morgan fingerprint density at radius 2 is 1.60 bits per heavy atom. The van der Waals surface area contributed by atoms with Crippen molar-refractivity contribution in [1.82, 2.24) is 0 Å². The van der Waals surface area contributed by atoms with Crippen LogP contribution in [0.1, 0.15) is 0 Å². The highest BCUT2D eigenvalue weighted by atomic mass is 19.3. The first-order chi connectivity index (χ1) is 6.57. The maximum atomic E-state index is 12.9. The summed E-state index contributed by atoms with van der Waals surface area (Å²) in [4.78, 5) is 9.90. The number of carbonyl (C=O) groups excluding carboxylic acids is 1. The summed E-state index contributed by atoms with van der Waals surface area (Å²) < 4.78 is 87.5. The van der Waals surface area contributed by atoms with Crippen molar-refractivity contribution in [2.45, 2.75) is 23.7 Å². The van der Waals surface area contributed by atoms with Crippen molar-refractivity contribution in [3.05, 3.63) is 12.2 Å². The van der Waals surface area contributed by atoms with Gasteiger partial charge in [0.1, 0.15) is 0 Å². The van der Waals surface area contributed by atoms with E-state index < -0.39 is 35.8 Å². The van der Waals surface area contributed by atoms with Crippen LogP contribution in [0.4, 0.5) is 30.7 Å². The smallest absolute Gasteiger partial charge is 0.257 e. The number of allylic oxidation sites excluding steroid dienone is 2. The SMILES string of the molecule is O=C(F)C1(F)C=CC(F)C(F)(F)C1(F)F. The van der Waals surface area contributed by atoms with Gasteiger partial charge in [0.05, 0.1) is 0 Å². The van der Waals surface area contributed by atoms with Gasteiger partial charge in [-0.25, -0.2) is 8.78 Å². The van der Waals surface area contributed by atoms with Crippen LogP contribution in [0.2, 0.25) is 0 Å². The van der Waals surface area contributed by atoms with Crippen LogP contribution in [0.25, 0.3) is 0 Å². The zero-order chi connectivity index (χ0) is 12.1. The number of rotatable bonds is 1. The molecule has 2 atom stereocenters. The van der Waals surface area contributed by atoms with E-state index in [4.69, 9.17) is 0 Å². The number of hydrogen-bond donors (Lipinski definition) is 0. The fourth-order valence-electron chi connectivity index (χ4n) is 1.05. The lowest BCUT2D eigenvalue weighted by Crippen LogP contribution is -2.63. The van der Waals surface area contributed by atoms with Crippen LogP contribution in [0, 0.1) is 0 Å². The highest BCUT2D eigenvalue weighted by molar-refractivity contribution is 5.83. The zero-order valence-electron chi connectivity index (χ0n) is 6.79. The molecule has 0 aromatic heterocycles. The lowest BCUT2D eigenvalue weighted by atomic mass is 9.85. The molecule has 0 N–H and O–H groups in total. The third-order valence-corrected chi connectivity index (χ3v) is 2.00. The molecule has 86 valence electrons. The molecule has 0 heterocycles. The molecule has 8 heteroatoms. The predicted molar refractivity (Wildman–Crippen MR) is 33.9 cm³/mol. The van der Waals surface area contributed by atoms with E-state index in [2.05, 4.69) is 0 Å². The Labute approximate surface area is 78.6 Å². The summed E-state index contributed by atoms with van der Waals surface area (Å²) in [6.07, 6.45) is -4.32. The van der Waals surface area contributed by atoms with E-state index in [1.807, 2.05) is 0 Å². The molecule has 2 unspecified atom stereocenters. The molecule has 1 nitrogen and oxygen atoms in total. The summed E-state index contributed by atoms with van der Waals surface area (Å²) >= 11 is 0. The molecule has 15 heavy (non-hydrogen) atoms. The van der Waals surface area contributed by atoms with Crippen molar-refractivity contribution in [3.8, 4) is 0 Å². The Hall–Kier alpha value is -1.08. The Morgan fingerprint density at radius 3 is 2.00 bits per heavy atom. The van der Waals surface area contributed by atoms with Crippen LogP contribution < -0.4 is 0 Å². The number of halogens is 7. The van der Waals surface area contributed by atoms with Crippen molar-refractivity contribution in [2.24, 2.45) is 0 Å². The van der Waals surface area contributed by atoms with Gasteiger partial charge >= 0.3 is 17.9 Å². The minimum atomic E-state index is -5.76. The fraction of sp³-hybridized carbons (Fsp3) is 0.571. The van der Waals surface area contributed by atoms with Gasteiger partial charge in [0.2, 0.25) is 0 Å². The predicted octanol–water partition coefficient (Wildman–Crippen LogP) is 2.37. The van der Waals surface area contributed by atoms with E-state index in [-0.39, 0.29) is 6.08 Å². The second-order valence-corrected chi connectivity index (χ2v) is 2.94. The van der Waals surface area contributed by atoms with Crippen molar-refractivity contribution in [1.29, 1.82) is 0 Å². The van der Waals surface area contributed by atoms with Crippen molar-refractivity contribution < 1.29 is 35.5 Å². The first-order valence-electron chi connectivity index (χ1n) is 3.55. The molecule has 0 radical (unpaired) electrons. The molecular formula is C7H3F7O. The van der Waals surface area contributed by atoms with Gasteiger partial charge < -0.3 is 0 Å².